The van der Waals surface area contributed by atoms with Gasteiger partial charge in [-0.1, -0.05) is 33.6 Å². The Morgan fingerprint density at radius 2 is 1.89 bits per heavy atom. The summed E-state index contributed by atoms with van der Waals surface area (Å²) in [4.78, 5) is 4.94. The molecule has 0 bridgehead atoms. The minimum atomic E-state index is 0. The smallest absolute Gasteiger partial charge is 0.0426 e. The molecule has 102 valence electrons. The molecular weight excluding hydrogens is 379 g/mol. The number of piperazine rings is 1. The molecule has 18 heavy (non-hydrogen) atoms. The van der Waals surface area contributed by atoms with E-state index in [2.05, 4.69) is 37.9 Å². The molecule has 0 radical (unpaired) electrons. The van der Waals surface area contributed by atoms with Crippen LogP contribution in [0, 0.1) is 0 Å². The maximum atomic E-state index is 6.02. The number of halogens is 3. The lowest BCUT2D eigenvalue weighted by atomic mass is 10.2. The predicted octanol–water partition coefficient (Wildman–Crippen LogP) is 3.82. The van der Waals surface area contributed by atoms with Crippen molar-refractivity contribution in [2.75, 3.05) is 43.0 Å². The third-order valence-corrected chi connectivity index (χ3v) is 3.95. The first-order chi connectivity index (χ1) is 8.29. The van der Waals surface area contributed by atoms with Crippen molar-refractivity contribution in [3.63, 3.8) is 0 Å². The summed E-state index contributed by atoms with van der Waals surface area (Å²) >= 11 is 9.50. The van der Waals surface area contributed by atoms with E-state index in [9.17, 15) is 0 Å². The van der Waals surface area contributed by atoms with Crippen LogP contribution in [-0.2, 0) is 0 Å². The van der Waals surface area contributed by atoms with Gasteiger partial charge in [0, 0.05) is 42.2 Å². The fourth-order valence-electron chi connectivity index (χ4n) is 2.19. The molecule has 0 unspecified atom stereocenters. The molecule has 0 spiro atoms. The molecule has 1 heterocycles. The molecule has 1 saturated heterocycles. The average molecular weight is 399 g/mol. The van der Waals surface area contributed by atoms with E-state index < -0.39 is 0 Å². The highest BCUT2D eigenvalue weighted by Gasteiger charge is 2.16. The van der Waals surface area contributed by atoms with Crippen LogP contribution in [0.1, 0.15) is 6.42 Å². The molecule has 0 atom stereocenters. The second kappa shape index (κ2) is 8.41. The van der Waals surface area contributed by atoms with Gasteiger partial charge in [-0.2, -0.15) is 0 Å². The molecule has 5 heteroatoms. The highest BCUT2D eigenvalue weighted by atomic mass is 79.9. The van der Waals surface area contributed by atoms with Crippen LogP contribution >= 0.6 is 44.5 Å². The van der Waals surface area contributed by atoms with Crippen LogP contribution in [0.15, 0.2) is 24.3 Å². The van der Waals surface area contributed by atoms with Crippen molar-refractivity contribution in [3.8, 4) is 0 Å². The number of anilines is 1. The second-order valence-electron chi connectivity index (χ2n) is 4.35. The maximum absolute atomic E-state index is 6.02. The Morgan fingerprint density at radius 1 is 1.17 bits per heavy atom. The molecule has 0 saturated carbocycles. The maximum Gasteiger partial charge on any atom is 0.0426 e. The number of rotatable bonds is 4. The van der Waals surface area contributed by atoms with Crippen LogP contribution in [0.4, 0.5) is 5.69 Å². The largest absolute Gasteiger partial charge is 0.369 e. The van der Waals surface area contributed by atoms with Gasteiger partial charge in [-0.25, -0.2) is 0 Å². The first-order valence-corrected chi connectivity index (χ1v) is 7.58. The summed E-state index contributed by atoms with van der Waals surface area (Å²) in [6.45, 7) is 5.71. The van der Waals surface area contributed by atoms with E-state index >= 15 is 0 Å². The highest BCUT2D eigenvalue weighted by molar-refractivity contribution is 9.09. The molecule has 0 N–H and O–H groups in total. The fraction of sp³-hybridized carbons (Fsp3) is 0.538. The minimum absolute atomic E-state index is 0. The lowest BCUT2D eigenvalue weighted by molar-refractivity contribution is 0.259. The van der Waals surface area contributed by atoms with Gasteiger partial charge in [0.15, 0.2) is 0 Å². The van der Waals surface area contributed by atoms with Gasteiger partial charge in [-0.3, -0.25) is 4.90 Å². The Balaban J connectivity index is 0.00000162. The zero-order valence-corrected chi connectivity index (χ0v) is 14.4. The summed E-state index contributed by atoms with van der Waals surface area (Å²) in [6, 6.07) is 8.14. The number of hydrogen-bond donors (Lipinski definition) is 0. The van der Waals surface area contributed by atoms with E-state index in [1.54, 1.807) is 0 Å². The monoisotopic (exact) mass is 396 g/mol. The standard InChI is InChI=1S/C13H18BrClN2.BrH/c14-5-2-6-16-7-9-17(10-8-16)13-4-1-3-12(15)11-13;/h1,3-4,11H,2,5-10H2;1H. The van der Waals surface area contributed by atoms with Crippen molar-refractivity contribution in [3.05, 3.63) is 29.3 Å². The quantitative estimate of drug-likeness (QED) is 0.712. The van der Waals surface area contributed by atoms with Gasteiger partial charge < -0.3 is 4.90 Å². The molecule has 0 amide bonds. The van der Waals surface area contributed by atoms with E-state index in [4.69, 9.17) is 11.6 Å². The van der Waals surface area contributed by atoms with E-state index in [0.717, 1.165) is 36.5 Å². The first kappa shape index (κ1) is 16.3. The molecule has 0 aliphatic carbocycles. The number of benzene rings is 1. The van der Waals surface area contributed by atoms with Gasteiger partial charge in [-0.15, -0.1) is 17.0 Å². The van der Waals surface area contributed by atoms with E-state index in [0.29, 0.717) is 0 Å². The van der Waals surface area contributed by atoms with Crippen LogP contribution < -0.4 is 4.90 Å². The summed E-state index contributed by atoms with van der Waals surface area (Å²) in [7, 11) is 0. The Hall–Kier alpha value is 0.230. The van der Waals surface area contributed by atoms with Crippen LogP contribution in [0.3, 0.4) is 0 Å². The summed E-state index contributed by atoms with van der Waals surface area (Å²) in [6.07, 6.45) is 1.23. The molecule has 1 aromatic rings. The van der Waals surface area contributed by atoms with Crippen molar-refractivity contribution in [1.29, 1.82) is 0 Å². The second-order valence-corrected chi connectivity index (χ2v) is 5.58. The van der Waals surface area contributed by atoms with Gasteiger partial charge in [0.2, 0.25) is 0 Å². The third kappa shape index (κ3) is 4.72. The summed E-state index contributed by atoms with van der Waals surface area (Å²) < 4.78 is 0. The van der Waals surface area contributed by atoms with Crippen molar-refractivity contribution in [2.24, 2.45) is 0 Å². The van der Waals surface area contributed by atoms with Crippen molar-refractivity contribution in [1.82, 2.24) is 4.90 Å². The van der Waals surface area contributed by atoms with Gasteiger partial charge in [0.1, 0.15) is 0 Å². The lowest BCUT2D eigenvalue weighted by Crippen LogP contribution is -2.46. The van der Waals surface area contributed by atoms with Gasteiger partial charge in [0.25, 0.3) is 0 Å². The number of hydrogen-bond acceptors (Lipinski definition) is 2. The molecule has 2 nitrogen and oxygen atoms in total. The molecule has 1 aliphatic heterocycles. The fourth-order valence-corrected chi connectivity index (χ4v) is 2.62. The zero-order valence-electron chi connectivity index (χ0n) is 10.3. The Labute approximate surface area is 133 Å². The highest BCUT2D eigenvalue weighted by Crippen LogP contribution is 2.20. The van der Waals surface area contributed by atoms with Crippen LogP contribution in [0.2, 0.25) is 5.02 Å². The summed E-state index contributed by atoms with van der Waals surface area (Å²) in [5.41, 5.74) is 1.25. The van der Waals surface area contributed by atoms with E-state index in [-0.39, 0.29) is 17.0 Å². The number of alkyl halides is 1. The van der Waals surface area contributed by atoms with Crippen LogP contribution in [-0.4, -0.2) is 43.0 Å². The van der Waals surface area contributed by atoms with E-state index in [1.807, 2.05) is 12.1 Å². The third-order valence-electron chi connectivity index (χ3n) is 3.15. The molecule has 1 aliphatic rings. The Morgan fingerprint density at radius 3 is 2.50 bits per heavy atom. The predicted molar refractivity (Wildman–Crippen MR) is 88.8 cm³/mol. The minimum Gasteiger partial charge on any atom is -0.369 e. The topological polar surface area (TPSA) is 6.48 Å². The van der Waals surface area contributed by atoms with Crippen LogP contribution in [0.25, 0.3) is 0 Å². The molecular formula is C13H19Br2ClN2. The SMILES string of the molecule is Br.Clc1cccc(N2CCN(CCCBr)CC2)c1. The normalized spacial score (nSPS) is 16.4. The average Bonchev–Trinajstić information content (AvgIpc) is 2.37. The molecule has 0 aromatic heterocycles. The molecule has 2 rings (SSSR count). The molecule has 1 fully saturated rings. The Bertz CT molecular complexity index is 355. The van der Waals surface area contributed by atoms with Gasteiger partial charge >= 0.3 is 0 Å². The lowest BCUT2D eigenvalue weighted by Gasteiger charge is -2.36. The Kier molecular flexibility index (Phi) is 7.61. The van der Waals surface area contributed by atoms with Gasteiger partial charge in [0.05, 0.1) is 0 Å². The van der Waals surface area contributed by atoms with E-state index in [1.165, 1.54) is 18.7 Å². The van der Waals surface area contributed by atoms with Gasteiger partial charge in [-0.05, 0) is 31.2 Å². The zero-order chi connectivity index (χ0) is 12.1. The van der Waals surface area contributed by atoms with Crippen molar-refractivity contribution >= 4 is 50.2 Å². The summed E-state index contributed by atoms with van der Waals surface area (Å²) in [5.74, 6) is 0. The first-order valence-electron chi connectivity index (χ1n) is 6.08. The van der Waals surface area contributed by atoms with Crippen molar-refractivity contribution < 1.29 is 0 Å². The number of nitrogens with zero attached hydrogens (tertiary/aromatic N) is 2. The van der Waals surface area contributed by atoms with Crippen molar-refractivity contribution in [2.45, 2.75) is 6.42 Å². The molecule has 1 aromatic carbocycles. The summed E-state index contributed by atoms with van der Waals surface area (Å²) in [5, 5.41) is 1.92. The van der Waals surface area contributed by atoms with Crippen LogP contribution in [0.5, 0.6) is 0 Å².